The van der Waals surface area contributed by atoms with Crippen molar-refractivity contribution < 1.29 is 22.9 Å². The first kappa shape index (κ1) is 22.1. The summed E-state index contributed by atoms with van der Waals surface area (Å²) in [7, 11) is 0. The largest absolute Gasteiger partial charge is 0.434 e. The molecule has 0 bridgehead atoms. The standard InChI is InChI=1S/C19H15ClF3N5O3/c20-12-5-7-13(8-6-12)27-17(19(21,22)23)14(11-26-27)18(29)25-10-9-24-15-3-1-2-4-16(15)28(30)31/h1-8,11,24H,9-10H2,(H,25,29). The molecule has 2 N–H and O–H groups in total. The van der Waals surface area contributed by atoms with E-state index in [-0.39, 0.29) is 30.2 Å². The Kier molecular flexibility index (Phi) is 6.44. The van der Waals surface area contributed by atoms with Gasteiger partial charge in [-0.25, -0.2) is 4.68 Å². The van der Waals surface area contributed by atoms with E-state index in [4.69, 9.17) is 11.6 Å². The molecule has 12 heteroatoms. The monoisotopic (exact) mass is 453 g/mol. The summed E-state index contributed by atoms with van der Waals surface area (Å²) in [5.41, 5.74) is -1.70. The fourth-order valence-electron chi connectivity index (χ4n) is 2.82. The molecule has 1 heterocycles. The lowest BCUT2D eigenvalue weighted by Crippen LogP contribution is -2.30. The molecular formula is C19H15ClF3N5O3. The van der Waals surface area contributed by atoms with Crippen molar-refractivity contribution in [2.45, 2.75) is 6.18 Å². The summed E-state index contributed by atoms with van der Waals surface area (Å²) >= 11 is 5.77. The van der Waals surface area contributed by atoms with Gasteiger partial charge in [0, 0.05) is 24.2 Å². The van der Waals surface area contributed by atoms with E-state index in [1.54, 1.807) is 6.07 Å². The first-order chi connectivity index (χ1) is 14.7. The van der Waals surface area contributed by atoms with Crippen LogP contribution in [0.1, 0.15) is 16.1 Å². The molecule has 0 spiro atoms. The Labute approximate surface area is 178 Å². The average Bonchev–Trinajstić information content (AvgIpc) is 3.17. The van der Waals surface area contributed by atoms with Crippen molar-refractivity contribution in [2.75, 3.05) is 18.4 Å². The normalized spacial score (nSPS) is 11.2. The molecule has 0 saturated carbocycles. The number of nitro benzene ring substituents is 1. The minimum atomic E-state index is -4.84. The van der Waals surface area contributed by atoms with Crippen LogP contribution in [-0.2, 0) is 6.18 Å². The van der Waals surface area contributed by atoms with Crippen LogP contribution in [0.3, 0.4) is 0 Å². The van der Waals surface area contributed by atoms with Gasteiger partial charge < -0.3 is 10.6 Å². The molecule has 1 aromatic heterocycles. The van der Waals surface area contributed by atoms with Gasteiger partial charge in [0.2, 0.25) is 0 Å². The molecule has 1 amide bonds. The molecule has 0 aliphatic carbocycles. The van der Waals surface area contributed by atoms with Crippen LogP contribution >= 0.6 is 11.6 Å². The number of halogens is 4. The van der Waals surface area contributed by atoms with E-state index >= 15 is 0 Å². The zero-order chi connectivity index (χ0) is 22.6. The van der Waals surface area contributed by atoms with Gasteiger partial charge in [0.15, 0.2) is 5.69 Å². The number of nitro groups is 1. The van der Waals surface area contributed by atoms with Gasteiger partial charge in [-0.1, -0.05) is 23.7 Å². The van der Waals surface area contributed by atoms with Crippen LogP contribution in [0.2, 0.25) is 5.02 Å². The van der Waals surface area contributed by atoms with Crippen molar-refractivity contribution in [3.8, 4) is 5.69 Å². The molecule has 162 valence electrons. The Morgan fingerprint density at radius 1 is 1.13 bits per heavy atom. The fourth-order valence-corrected chi connectivity index (χ4v) is 2.94. The lowest BCUT2D eigenvalue weighted by molar-refractivity contribution is -0.384. The van der Waals surface area contributed by atoms with Crippen LogP contribution in [0.4, 0.5) is 24.5 Å². The number of benzene rings is 2. The molecule has 0 atom stereocenters. The van der Waals surface area contributed by atoms with Crippen molar-refractivity contribution in [1.82, 2.24) is 15.1 Å². The summed E-state index contributed by atoms with van der Waals surface area (Å²) in [4.78, 5) is 22.8. The van der Waals surface area contributed by atoms with Crippen LogP contribution in [0, 0.1) is 10.1 Å². The van der Waals surface area contributed by atoms with Gasteiger partial charge in [-0.3, -0.25) is 14.9 Å². The smallest absolute Gasteiger partial charge is 0.378 e. The maximum atomic E-state index is 13.7. The third kappa shape index (κ3) is 5.12. The Balaban J connectivity index is 1.72. The first-order valence-corrected chi connectivity index (χ1v) is 9.23. The molecule has 0 aliphatic rings. The second-order valence-corrected chi connectivity index (χ2v) is 6.69. The van der Waals surface area contributed by atoms with E-state index < -0.39 is 28.3 Å². The SMILES string of the molecule is O=C(NCCNc1ccccc1[N+](=O)[O-])c1cnn(-c2ccc(Cl)cc2)c1C(F)(F)F. The molecule has 0 aliphatic heterocycles. The summed E-state index contributed by atoms with van der Waals surface area (Å²) in [5.74, 6) is -0.975. The van der Waals surface area contributed by atoms with E-state index in [0.717, 1.165) is 6.20 Å². The number of anilines is 1. The Morgan fingerprint density at radius 3 is 2.45 bits per heavy atom. The predicted octanol–water partition coefficient (Wildman–Crippen LogP) is 4.29. The van der Waals surface area contributed by atoms with Gasteiger partial charge in [-0.15, -0.1) is 0 Å². The van der Waals surface area contributed by atoms with Crippen molar-refractivity contribution >= 4 is 28.9 Å². The third-order valence-corrected chi connectivity index (χ3v) is 4.43. The Hall–Kier alpha value is -3.60. The highest BCUT2D eigenvalue weighted by atomic mass is 35.5. The van der Waals surface area contributed by atoms with Gasteiger partial charge >= 0.3 is 6.18 Å². The molecule has 2 aromatic carbocycles. The zero-order valence-corrected chi connectivity index (χ0v) is 16.4. The van der Waals surface area contributed by atoms with E-state index in [1.165, 1.54) is 42.5 Å². The van der Waals surface area contributed by atoms with E-state index in [2.05, 4.69) is 15.7 Å². The summed E-state index contributed by atoms with van der Waals surface area (Å²) in [6, 6.07) is 11.4. The summed E-state index contributed by atoms with van der Waals surface area (Å²) in [6.45, 7) is -0.0163. The van der Waals surface area contributed by atoms with Gasteiger partial charge in [0.25, 0.3) is 11.6 Å². The number of carbonyl (C=O) groups is 1. The number of hydrogen-bond donors (Lipinski definition) is 2. The first-order valence-electron chi connectivity index (χ1n) is 8.85. The van der Waals surface area contributed by atoms with Gasteiger partial charge in [-0.2, -0.15) is 18.3 Å². The lowest BCUT2D eigenvalue weighted by atomic mass is 10.2. The Bertz CT molecular complexity index is 1100. The number of para-hydroxylation sites is 2. The van der Waals surface area contributed by atoms with E-state index in [9.17, 15) is 28.1 Å². The van der Waals surface area contributed by atoms with Gasteiger partial charge in [0.1, 0.15) is 5.69 Å². The second kappa shape index (κ2) is 9.04. The number of alkyl halides is 3. The number of amides is 1. The highest BCUT2D eigenvalue weighted by molar-refractivity contribution is 6.30. The van der Waals surface area contributed by atoms with Crippen molar-refractivity contribution in [2.24, 2.45) is 0 Å². The fraction of sp³-hybridized carbons (Fsp3) is 0.158. The molecule has 0 unspecified atom stereocenters. The van der Waals surface area contributed by atoms with Gasteiger partial charge in [0.05, 0.1) is 22.4 Å². The van der Waals surface area contributed by atoms with Gasteiger partial charge in [-0.05, 0) is 30.3 Å². The van der Waals surface area contributed by atoms with Crippen molar-refractivity contribution in [3.63, 3.8) is 0 Å². The number of hydrogen-bond acceptors (Lipinski definition) is 5. The van der Waals surface area contributed by atoms with Crippen LogP contribution in [0.25, 0.3) is 5.69 Å². The number of carbonyl (C=O) groups excluding carboxylic acids is 1. The Morgan fingerprint density at radius 2 is 1.81 bits per heavy atom. The molecular weight excluding hydrogens is 439 g/mol. The minimum absolute atomic E-state index is 0.0588. The number of rotatable bonds is 7. The topological polar surface area (TPSA) is 102 Å². The lowest BCUT2D eigenvalue weighted by Gasteiger charge is -2.13. The molecule has 3 aromatic rings. The maximum Gasteiger partial charge on any atom is 0.434 e. The van der Waals surface area contributed by atoms with Crippen molar-refractivity contribution in [1.29, 1.82) is 0 Å². The summed E-state index contributed by atoms with van der Waals surface area (Å²) < 4.78 is 41.6. The molecule has 0 radical (unpaired) electrons. The maximum absolute atomic E-state index is 13.7. The second-order valence-electron chi connectivity index (χ2n) is 6.25. The minimum Gasteiger partial charge on any atom is -0.378 e. The van der Waals surface area contributed by atoms with Crippen LogP contribution in [0.5, 0.6) is 0 Å². The van der Waals surface area contributed by atoms with E-state index in [1.807, 2.05) is 0 Å². The molecule has 31 heavy (non-hydrogen) atoms. The summed E-state index contributed by atoms with van der Waals surface area (Å²) in [5, 5.41) is 20.2. The quantitative estimate of drug-likeness (QED) is 0.315. The number of nitrogens with one attached hydrogen (secondary N) is 2. The van der Waals surface area contributed by atoms with E-state index in [0.29, 0.717) is 9.70 Å². The van der Waals surface area contributed by atoms with Crippen molar-refractivity contribution in [3.05, 3.63) is 81.1 Å². The van der Waals surface area contributed by atoms with Crippen LogP contribution < -0.4 is 10.6 Å². The molecule has 0 saturated heterocycles. The molecule has 8 nitrogen and oxygen atoms in total. The summed E-state index contributed by atoms with van der Waals surface area (Å²) in [6.07, 6.45) is -4.01. The van der Waals surface area contributed by atoms with Crippen LogP contribution in [-0.4, -0.2) is 33.7 Å². The average molecular weight is 454 g/mol. The molecule has 0 fully saturated rings. The highest BCUT2D eigenvalue weighted by Crippen LogP contribution is 2.33. The predicted molar refractivity (Wildman–Crippen MR) is 107 cm³/mol. The molecule has 3 rings (SSSR count). The highest BCUT2D eigenvalue weighted by Gasteiger charge is 2.40. The van der Waals surface area contributed by atoms with Crippen LogP contribution in [0.15, 0.2) is 54.7 Å². The number of nitrogens with zero attached hydrogens (tertiary/aromatic N) is 3. The number of aromatic nitrogens is 2. The third-order valence-electron chi connectivity index (χ3n) is 4.18. The zero-order valence-electron chi connectivity index (χ0n) is 15.7.